The van der Waals surface area contributed by atoms with Crippen molar-refractivity contribution in [2.45, 2.75) is 36.6 Å². The van der Waals surface area contributed by atoms with Gasteiger partial charge in [0.25, 0.3) is 0 Å². The van der Waals surface area contributed by atoms with E-state index >= 15 is 0 Å². The first kappa shape index (κ1) is 28.5. The molecule has 1 saturated carbocycles. The maximum absolute atomic E-state index is 13.3. The van der Waals surface area contributed by atoms with Crippen molar-refractivity contribution in [2.24, 2.45) is 5.92 Å². The quantitative estimate of drug-likeness (QED) is 0.272. The third kappa shape index (κ3) is 6.82. The molecule has 0 aromatic heterocycles. The highest BCUT2D eigenvalue weighted by molar-refractivity contribution is 7.90. The normalized spacial score (nSPS) is 18.5. The van der Waals surface area contributed by atoms with E-state index in [4.69, 9.17) is 16.3 Å². The summed E-state index contributed by atoms with van der Waals surface area (Å²) in [5.41, 5.74) is -0.735. The molecule has 0 spiro atoms. The number of rotatable bonds is 8. The van der Waals surface area contributed by atoms with Gasteiger partial charge in [-0.15, -0.1) is 0 Å². The lowest BCUT2D eigenvalue weighted by molar-refractivity contribution is -0.176. The lowest BCUT2D eigenvalue weighted by atomic mass is 9.80. The van der Waals surface area contributed by atoms with E-state index in [1.807, 2.05) is 0 Å². The summed E-state index contributed by atoms with van der Waals surface area (Å²) >= 11 is 6.23. The van der Waals surface area contributed by atoms with E-state index in [2.05, 4.69) is 4.74 Å². The maximum Gasteiger partial charge on any atom is 0.411 e. The van der Waals surface area contributed by atoms with Crippen molar-refractivity contribution in [3.8, 4) is 0 Å². The zero-order valence-electron chi connectivity index (χ0n) is 19.2. The Morgan fingerprint density at radius 1 is 1.08 bits per heavy atom. The van der Waals surface area contributed by atoms with Crippen LogP contribution in [0.1, 0.15) is 39.1 Å². The van der Waals surface area contributed by atoms with Gasteiger partial charge in [-0.2, -0.15) is 13.2 Å². The van der Waals surface area contributed by atoms with Gasteiger partial charge in [-0.05, 0) is 30.7 Å². The molecule has 8 nitrogen and oxygen atoms in total. The highest BCUT2D eigenvalue weighted by atomic mass is 35.5. The van der Waals surface area contributed by atoms with Gasteiger partial charge >= 0.3 is 12.1 Å². The van der Waals surface area contributed by atoms with Crippen LogP contribution in [0.3, 0.4) is 0 Å². The summed E-state index contributed by atoms with van der Waals surface area (Å²) in [7, 11) is -4.01. The molecule has 1 fully saturated rings. The molecule has 0 radical (unpaired) electrons. The second-order valence-corrected chi connectivity index (χ2v) is 10.6. The Hall–Kier alpha value is -3.09. The van der Waals surface area contributed by atoms with Gasteiger partial charge in [-0.3, -0.25) is 14.4 Å². The molecule has 2 unspecified atom stereocenters. The largest absolute Gasteiger partial charge is 0.451 e. The van der Waals surface area contributed by atoms with Gasteiger partial charge in [0.2, 0.25) is 0 Å². The van der Waals surface area contributed by atoms with Crippen LogP contribution < -0.4 is 0 Å². The van der Waals surface area contributed by atoms with Gasteiger partial charge in [0.05, 0.1) is 22.1 Å². The van der Waals surface area contributed by atoms with Crippen LogP contribution in [0.4, 0.5) is 13.2 Å². The molecule has 1 aliphatic rings. The van der Waals surface area contributed by atoms with Crippen LogP contribution in [0.25, 0.3) is 0 Å². The minimum absolute atomic E-state index is 0.142. The van der Waals surface area contributed by atoms with Gasteiger partial charge < -0.3 is 9.47 Å². The molecule has 2 atom stereocenters. The van der Waals surface area contributed by atoms with E-state index in [1.165, 1.54) is 12.1 Å². The maximum atomic E-state index is 13.3. The molecule has 13 heteroatoms. The monoisotopic (exact) mass is 560 g/mol. The average Bonchev–Trinajstić information content (AvgIpc) is 2.80. The SMILES string of the molecule is CS(=O)(=O)c1ccc(C(=O)C2C(=O)CCC(OC(=O)c3ccccc3)C2=O)c(Cl)c1COCC(F)(F)F. The zero-order valence-corrected chi connectivity index (χ0v) is 20.8. The number of esters is 1. The first-order valence-corrected chi connectivity index (χ1v) is 13.0. The molecular formula is C24H20ClF3O8S. The molecule has 2 aromatic rings. The minimum Gasteiger partial charge on any atom is -0.451 e. The van der Waals surface area contributed by atoms with Crippen molar-refractivity contribution >= 4 is 44.8 Å². The number of ether oxygens (including phenoxy) is 2. The van der Waals surface area contributed by atoms with Crippen LogP contribution >= 0.6 is 11.6 Å². The molecule has 37 heavy (non-hydrogen) atoms. The summed E-state index contributed by atoms with van der Waals surface area (Å²) < 4.78 is 71.6. The Morgan fingerprint density at radius 2 is 1.73 bits per heavy atom. The number of alkyl halides is 3. The Bertz CT molecular complexity index is 1340. The van der Waals surface area contributed by atoms with Gasteiger partial charge in [0.15, 0.2) is 33.3 Å². The number of carbonyl (C=O) groups is 4. The molecule has 0 aliphatic heterocycles. The van der Waals surface area contributed by atoms with Crippen molar-refractivity contribution in [2.75, 3.05) is 12.9 Å². The number of ketones is 3. The highest BCUT2D eigenvalue weighted by Gasteiger charge is 2.44. The van der Waals surface area contributed by atoms with E-state index in [1.54, 1.807) is 18.2 Å². The summed E-state index contributed by atoms with van der Waals surface area (Å²) in [5.74, 6) is -5.58. The van der Waals surface area contributed by atoms with Crippen molar-refractivity contribution in [3.05, 3.63) is 64.2 Å². The Labute approximate surface area is 214 Å². The number of Topliss-reactive ketones (excluding diaryl/α,β-unsaturated/α-hetero) is 3. The van der Waals surface area contributed by atoms with Gasteiger partial charge in [0, 0.05) is 23.8 Å². The number of halogens is 4. The molecule has 3 rings (SSSR count). The predicted octanol–water partition coefficient (Wildman–Crippen LogP) is 3.78. The van der Waals surface area contributed by atoms with E-state index in [-0.39, 0.29) is 18.4 Å². The third-order valence-corrected chi connectivity index (χ3v) is 7.09. The van der Waals surface area contributed by atoms with E-state index in [0.29, 0.717) is 0 Å². The number of hydrogen-bond donors (Lipinski definition) is 0. The lowest BCUT2D eigenvalue weighted by Crippen LogP contribution is -2.45. The van der Waals surface area contributed by atoms with Crippen molar-refractivity contribution in [1.29, 1.82) is 0 Å². The molecular weight excluding hydrogens is 541 g/mol. The van der Waals surface area contributed by atoms with Crippen molar-refractivity contribution < 1.29 is 50.2 Å². The van der Waals surface area contributed by atoms with Crippen LogP contribution in [-0.4, -0.2) is 56.9 Å². The van der Waals surface area contributed by atoms with Crippen LogP contribution in [0.15, 0.2) is 47.4 Å². The lowest BCUT2D eigenvalue weighted by Gasteiger charge is -2.26. The zero-order chi connectivity index (χ0) is 27.5. The third-order valence-electron chi connectivity index (χ3n) is 5.48. The molecule has 1 aliphatic carbocycles. The fraction of sp³-hybridized carbons (Fsp3) is 0.333. The Morgan fingerprint density at radius 3 is 2.32 bits per heavy atom. The molecule has 198 valence electrons. The second-order valence-electron chi connectivity index (χ2n) is 8.25. The Balaban J connectivity index is 1.91. The van der Waals surface area contributed by atoms with Crippen LogP contribution in [0.5, 0.6) is 0 Å². The molecule has 2 aromatic carbocycles. The van der Waals surface area contributed by atoms with Crippen LogP contribution in [0.2, 0.25) is 5.02 Å². The summed E-state index contributed by atoms with van der Waals surface area (Å²) in [4.78, 5) is 50.7. The van der Waals surface area contributed by atoms with Gasteiger partial charge in [0.1, 0.15) is 12.5 Å². The number of benzene rings is 2. The van der Waals surface area contributed by atoms with Crippen LogP contribution in [0, 0.1) is 5.92 Å². The second kappa shape index (κ2) is 11.1. The first-order valence-electron chi connectivity index (χ1n) is 10.7. The number of hydrogen-bond acceptors (Lipinski definition) is 8. The van der Waals surface area contributed by atoms with Gasteiger partial charge in [-0.1, -0.05) is 29.8 Å². The standard InChI is InChI=1S/C24H20ClF3O8S/c1-37(33,34)18-10-7-14(20(25)15(18)11-35-12-24(26,27)28)21(30)19-16(29)8-9-17(22(19)31)36-23(32)13-5-3-2-4-6-13/h2-7,10,17,19H,8-9,11-12H2,1H3. The molecule has 0 N–H and O–H groups in total. The first-order chi connectivity index (χ1) is 17.2. The minimum atomic E-state index is -4.71. The summed E-state index contributed by atoms with van der Waals surface area (Å²) in [6, 6.07) is 9.63. The summed E-state index contributed by atoms with van der Waals surface area (Å²) in [6.07, 6.45) is -5.73. The average molecular weight is 561 g/mol. The topological polar surface area (TPSA) is 121 Å². The van der Waals surface area contributed by atoms with E-state index in [9.17, 15) is 40.8 Å². The number of sulfone groups is 1. The fourth-order valence-electron chi connectivity index (χ4n) is 3.77. The smallest absolute Gasteiger partial charge is 0.411 e. The van der Waals surface area contributed by atoms with E-state index in [0.717, 1.165) is 18.4 Å². The van der Waals surface area contributed by atoms with Crippen molar-refractivity contribution in [1.82, 2.24) is 0 Å². The fourth-order valence-corrected chi connectivity index (χ4v) is 5.06. The summed E-state index contributed by atoms with van der Waals surface area (Å²) in [6.45, 7) is -2.62. The highest BCUT2D eigenvalue weighted by Crippen LogP contribution is 2.33. The molecule has 0 bridgehead atoms. The Kier molecular flexibility index (Phi) is 8.56. The van der Waals surface area contributed by atoms with Gasteiger partial charge in [-0.25, -0.2) is 13.2 Å². The van der Waals surface area contributed by atoms with Crippen molar-refractivity contribution in [3.63, 3.8) is 0 Å². The molecule has 0 saturated heterocycles. The van der Waals surface area contributed by atoms with Crippen LogP contribution in [-0.2, 0) is 35.5 Å². The van der Waals surface area contributed by atoms with E-state index < -0.39 is 85.6 Å². The predicted molar refractivity (Wildman–Crippen MR) is 123 cm³/mol. The number of carbonyl (C=O) groups excluding carboxylic acids is 4. The molecule has 0 heterocycles. The molecule has 0 amide bonds. The summed E-state index contributed by atoms with van der Waals surface area (Å²) in [5, 5.41) is -0.570.